The van der Waals surface area contributed by atoms with Crippen LogP contribution < -0.4 is 11.1 Å². The maximum absolute atomic E-state index is 13.2. The zero-order chi connectivity index (χ0) is 11.7. The molecular formula is C12H15FN2O. The Morgan fingerprint density at radius 3 is 2.94 bits per heavy atom. The molecule has 0 spiro atoms. The summed E-state index contributed by atoms with van der Waals surface area (Å²) >= 11 is 0. The van der Waals surface area contributed by atoms with Crippen molar-refractivity contribution >= 4 is 5.91 Å². The van der Waals surface area contributed by atoms with E-state index < -0.39 is 0 Å². The first-order valence-corrected chi connectivity index (χ1v) is 5.35. The Labute approximate surface area is 93.8 Å². The van der Waals surface area contributed by atoms with Gasteiger partial charge in [0, 0.05) is 19.0 Å². The number of hydrogen-bond acceptors (Lipinski definition) is 2. The molecule has 4 heteroatoms. The third-order valence-electron chi connectivity index (χ3n) is 3.22. The summed E-state index contributed by atoms with van der Waals surface area (Å²) in [5.41, 5.74) is 7.23. The smallest absolute Gasteiger partial charge is 0.222 e. The van der Waals surface area contributed by atoms with Crippen LogP contribution in [0.25, 0.3) is 0 Å². The number of nitrogens with two attached hydrogens (primary N) is 1. The monoisotopic (exact) mass is 222 g/mol. The van der Waals surface area contributed by atoms with Crippen LogP contribution in [0.15, 0.2) is 18.2 Å². The molecule has 1 aliphatic rings. The van der Waals surface area contributed by atoms with Gasteiger partial charge in [-0.15, -0.1) is 0 Å². The lowest BCUT2D eigenvalue weighted by molar-refractivity contribution is -0.121. The number of nitrogens with one attached hydrogen (secondary N) is 1. The van der Waals surface area contributed by atoms with E-state index in [2.05, 4.69) is 5.32 Å². The van der Waals surface area contributed by atoms with Crippen LogP contribution in [0.1, 0.15) is 17.0 Å². The van der Waals surface area contributed by atoms with Crippen molar-refractivity contribution in [3.63, 3.8) is 0 Å². The van der Waals surface area contributed by atoms with Gasteiger partial charge in [0.25, 0.3) is 0 Å². The zero-order valence-electron chi connectivity index (χ0n) is 9.16. The van der Waals surface area contributed by atoms with Crippen LogP contribution in [-0.4, -0.2) is 19.0 Å². The number of halogens is 1. The van der Waals surface area contributed by atoms with Crippen molar-refractivity contribution < 1.29 is 9.18 Å². The molecule has 0 saturated carbocycles. The third-order valence-corrected chi connectivity index (χ3v) is 3.22. The normalized spacial score (nSPS) is 24.6. The lowest BCUT2D eigenvalue weighted by atomic mass is 9.86. The molecule has 1 saturated heterocycles. The van der Waals surface area contributed by atoms with Crippen LogP contribution in [0.5, 0.6) is 0 Å². The second kappa shape index (κ2) is 4.22. The summed E-state index contributed by atoms with van der Waals surface area (Å²) in [4.78, 5) is 11.3. The third kappa shape index (κ3) is 1.93. The molecule has 2 rings (SSSR count). The van der Waals surface area contributed by atoms with Gasteiger partial charge in [-0.1, -0.05) is 6.07 Å². The van der Waals surface area contributed by atoms with Gasteiger partial charge >= 0.3 is 0 Å². The molecule has 0 aliphatic carbocycles. The number of carbonyl (C=O) groups excluding carboxylic acids is 1. The Morgan fingerprint density at radius 2 is 2.25 bits per heavy atom. The highest BCUT2D eigenvalue weighted by Crippen LogP contribution is 2.30. The van der Waals surface area contributed by atoms with Gasteiger partial charge in [0.15, 0.2) is 0 Å². The number of aryl methyl sites for hydroxylation is 1. The highest BCUT2D eigenvalue weighted by Gasteiger charge is 2.33. The van der Waals surface area contributed by atoms with E-state index in [1.165, 1.54) is 12.1 Å². The Hall–Kier alpha value is -1.42. The van der Waals surface area contributed by atoms with Gasteiger partial charge in [0.2, 0.25) is 5.91 Å². The molecule has 2 atom stereocenters. The summed E-state index contributed by atoms with van der Waals surface area (Å²) in [6, 6.07) is 4.67. The number of carbonyl (C=O) groups is 1. The number of benzene rings is 1. The minimum Gasteiger partial charge on any atom is -0.369 e. The van der Waals surface area contributed by atoms with Crippen LogP contribution in [-0.2, 0) is 4.79 Å². The Balaban J connectivity index is 2.35. The van der Waals surface area contributed by atoms with E-state index in [0.717, 1.165) is 11.1 Å². The summed E-state index contributed by atoms with van der Waals surface area (Å²) in [6.45, 7) is 3.18. The zero-order valence-corrected chi connectivity index (χ0v) is 9.16. The SMILES string of the molecule is Cc1ccc(F)cc1C1CNCC1C(N)=O. The van der Waals surface area contributed by atoms with E-state index in [4.69, 9.17) is 5.73 Å². The first-order valence-electron chi connectivity index (χ1n) is 5.35. The van der Waals surface area contributed by atoms with Gasteiger partial charge in [-0.25, -0.2) is 4.39 Å². The van der Waals surface area contributed by atoms with Crippen molar-refractivity contribution in [1.82, 2.24) is 5.32 Å². The molecule has 1 fully saturated rings. The second-order valence-electron chi connectivity index (χ2n) is 4.27. The van der Waals surface area contributed by atoms with Gasteiger partial charge < -0.3 is 11.1 Å². The fraction of sp³-hybridized carbons (Fsp3) is 0.417. The number of primary amides is 1. The summed E-state index contributed by atoms with van der Waals surface area (Å²) < 4.78 is 13.2. The summed E-state index contributed by atoms with van der Waals surface area (Å²) in [6.07, 6.45) is 0. The van der Waals surface area contributed by atoms with E-state index in [-0.39, 0.29) is 23.6 Å². The Bertz CT molecular complexity index is 419. The van der Waals surface area contributed by atoms with E-state index in [9.17, 15) is 9.18 Å². The van der Waals surface area contributed by atoms with Crippen LogP contribution >= 0.6 is 0 Å². The van der Waals surface area contributed by atoms with Crippen LogP contribution in [0.2, 0.25) is 0 Å². The van der Waals surface area contributed by atoms with Crippen LogP contribution in [0.4, 0.5) is 4.39 Å². The first kappa shape index (κ1) is 11.1. The van der Waals surface area contributed by atoms with Crippen molar-refractivity contribution in [3.05, 3.63) is 35.1 Å². The topological polar surface area (TPSA) is 55.1 Å². The number of amides is 1. The molecule has 1 heterocycles. The molecule has 1 amide bonds. The lowest BCUT2D eigenvalue weighted by Crippen LogP contribution is -2.28. The minimum absolute atomic E-state index is 0.00630. The minimum atomic E-state index is -0.321. The molecule has 1 aromatic carbocycles. The molecule has 3 nitrogen and oxygen atoms in total. The first-order chi connectivity index (χ1) is 7.59. The molecule has 0 radical (unpaired) electrons. The molecule has 0 aromatic heterocycles. The molecule has 0 bridgehead atoms. The van der Waals surface area contributed by atoms with E-state index in [1.54, 1.807) is 6.07 Å². The van der Waals surface area contributed by atoms with Crippen molar-refractivity contribution in [3.8, 4) is 0 Å². The standard InChI is InChI=1S/C12H15FN2O/c1-7-2-3-8(13)4-9(7)10-5-15-6-11(10)12(14)16/h2-4,10-11,15H,5-6H2,1H3,(H2,14,16). The van der Waals surface area contributed by atoms with Gasteiger partial charge in [0.1, 0.15) is 5.82 Å². The van der Waals surface area contributed by atoms with Gasteiger partial charge in [0.05, 0.1) is 5.92 Å². The van der Waals surface area contributed by atoms with E-state index in [0.29, 0.717) is 13.1 Å². The van der Waals surface area contributed by atoms with Crippen molar-refractivity contribution in [2.24, 2.45) is 11.7 Å². The molecule has 16 heavy (non-hydrogen) atoms. The lowest BCUT2D eigenvalue weighted by Gasteiger charge is -2.18. The Kier molecular flexibility index (Phi) is 2.92. The second-order valence-corrected chi connectivity index (χ2v) is 4.27. The molecule has 86 valence electrons. The van der Waals surface area contributed by atoms with Crippen LogP contribution in [0, 0.1) is 18.7 Å². The predicted molar refractivity (Wildman–Crippen MR) is 59.4 cm³/mol. The number of hydrogen-bond donors (Lipinski definition) is 2. The molecule has 3 N–H and O–H groups in total. The van der Waals surface area contributed by atoms with Crippen molar-refractivity contribution in [2.75, 3.05) is 13.1 Å². The maximum atomic E-state index is 13.2. The highest BCUT2D eigenvalue weighted by molar-refractivity contribution is 5.78. The fourth-order valence-electron chi connectivity index (χ4n) is 2.32. The maximum Gasteiger partial charge on any atom is 0.222 e. The van der Waals surface area contributed by atoms with Crippen molar-refractivity contribution in [1.29, 1.82) is 0 Å². The average molecular weight is 222 g/mol. The quantitative estimate of drug-likeness (QED) is 0.782. The van der Waals surface area contributed by atoms with Crippen molar-refractivity contribution in [2.45, 2.75) is 12.8 Å². The van der Waals surface area contributed by atoms with Crippen LogP contribution in [0.3, 0.4) is 0 Å². The molecule has 1 aromatic rings. The molecular weight excluding hydrogens is 207 g/mol. The summed E-state index contributed by atoms with van der Waals surface area (Å²) in [5.74, 6) is -0.830. The van der Waals surface area contributed by atoms with Gasteiger partial charge in [-0.3, -0.25) is 4.79 Å². The summed E-state index contributed by atoms with van der Waals surface area (Å²) in [7, 11) is 0. The number of rotatable bonds is 2. The Morgan fingerprint density at radius 1 is 1.50 bits per heavy atom. The van der Waals surface area contributed by atoms with E-state index in [1.807, 2.05) is 6.92 Å². The van der Waals surface area contributed by atoms with E-state index >= 15 is 0 Å². The molecule has 2 unspecified atom stereocenters. The fourth-order valence-corrected chi connectivity index (χ4v) is 2.32. The average Bonchev–Trinajstić information content (AvgIpc) is 2.70. The van der Waals surface area contributed by atoms with Gasteiger partial charge in [-0.05, 0) is 30.2 Å². The van der Waals surface area contributed by atoms with Gasteiger partial charge in [-0.2, -0.15) is 0 Å². The predicted octanol–water partition coefficient (Wildman–Crippen LogP) is 0.922. The molecule has 1 aliphatic heterocycles. The largest absolute Gasteiger partial charge is 0.369 e. The highest BCUT2D eigenvalue weighted by atomic mass is 19.1. The summed E-state index contributed by atoms with van der Waals surface area (Å²) in [5, 5.41) is 3.13.